The normalized spacial score (nSPS) is 11.2. The van der Waals surface area contributed by atoms with Gasteiger partial charge in [0.05, 0.1) is 0 Å². The molecule has 1 amide bonds. The Bertz CT molecular complexity index is 246. The number of nitrogens with one attached hydrogen (secondary N) is 1. The van der Waals surface area contributed by atoms with Crippen molar-refractivity contribution in [2.75, 3.05) is 6.54 Å². The van der Waals surface area contributed by atoms with E-state index in [1.54, 1.807) is 0 Å². The lowest BCUT2D eigenvalue weighted by Gasteiger charge is -2.10. The van der Waals surface area contributed by atoms with Crippen molar-refractivity contribution in [1.82, 2.24) is 5.32 Å². The maximum absolute atomic E-state index is 10.5. The van der Waals surface area contributed by atoms with E-state index in [0.29, 0.717) is 0 Å². The molecule has 0 saturated heterocycles. The van der Waals surface area contributed by atoms with E-state index < -0.39 is 17.9 Å². The zero-order chi connectivity index (χ0) is 10.3. The van der Waals surface area contributed by atoms with Gasteiger partial charge in [0, 0.05) is 18.4 Å². The van der Waals surface area contributed by atoms with Gasteiger partial charge in [0.25, 0.3) is 0 Å². The summed E-state index contributed by atoms with van der Waals surface area (Å²) in [6, 6.07) is -0.983. The van der Waals surface area contributed by atoms with Crippen molar-refractivity contribution in [2.45, 2.75) is 19.4 Å². The largest absolute Gasteiger partial charge is 0.480 e. The molecular weight excluding hydrogens is 176 g/mol. The van der Waals surface area contributed by atoms with E-state index in [2.05, 4.69) is 15.3 Å². The highest BCUT2D eigenvalue weighted by Crippen LogP contribution is 1.93. The number of rotatable bonds is 5. The lowest BCUT2D eigenvalue weighted by atomic mass is 10.2. The summed E-state index contributed by atoms with van der Waals surface area (Å²) >= 11 is 0. The van der Waals surface area contributed by atoms with E-state index in [1.807, 2.05) is 0 Å². The van der Waals surface area contributed by atoms with Crippen molar-refractivity contribution >= 4 is 11.9 Å². The van der Waals surface area contributed by atoms with Crippen molar-refractivity contribution in [3.05, 3.63) is 10.4 Å². The van der Waals surface area contributed by atoms with E-state index in [-0.39, 0.29) is 13.0 Å². The van der Waals surface area contributed by atoms with Gasteiger partial charge < -0.3 is 10.4 Å². The zero-order valence-electron chi connectivity index (χ0n) is 7.10. The van der Waals surface area contributed by atoms with E-state index in [4.69, 9.17) is 10.6 Å². The van der Waals surface area contributed by atoms with E-state index in [1.165, 1.54) is 6.92 Å². The number of carbonyl (C=O) groups is 2. The summed E-state index contributed by atoms with van der Waals surface area (Å²) in [6.45, 7) is 1.28. The van der Waals surface area contributed by atoms with Crippen LogP contribution in [0.4, 0.5) is 0 Å². The third-order valence-corrected chi connectivity index (χ3v) is 1.26. The molecule has 1 atom stereocenters. The van der Waals surface area contributed by atoms with Gasteiger partial charge in [-0.15, -0.1) is 0 Å². The number of carboxylic acids is 1. The molecule has 13 heavy (non-hydrogen) atoms. The molecular formula is C6H10N4O3. The molecule has 0 radical (unpaired) electrons. The van der Waals surface area contributed by atoms with Crippen LogP contribution in [0.25, 0.3) is 10.4 Å². The number of hydrogen-bond donors (Lipinski definition) is 2. The van der Waals surface area contributed by atoms with Crippen molar-refractivity contribution in [3.8, 4) is 0 Å². The van der Waals surface area contributed by atoms with E-state index in [0.717, 1.165) is 0 Å². The Balaban J connectivity index is 4.02. The molecule has 0 aliphatic heterocycles. The van der Waals surface area contributed by atoms with Crippen LogP contribution in [0, 0.1) is 0 Å². The number of nitrogens with zero attached hydrogens (tertiary/aromatic N) is 3. The van der Waals surface area contributed by atoms with Gasteiger partial charge in [-0.3, -0.25) is 4.79 Å². The monoisotopic (exact) mass is 186 g/mol. The number of aliphatic carboxylic acids is 1. The smallest absolute Gasteiger partial charge is 0.326 e. The van der Waals surface area contributed by atoms with Crippen LogP contribution in [0.1, 0.15) is 13.3 Å². The summed E-state index contributed by atoms with van der Waals surface area (Å²) in [5, 5.41) is 14.0. The summed E-state index contributed by atoms with van der Waals surface area (Å²) in [6.07, 6.45) is 0.0962. The Hall–Kier alpha value is -1.75. The minimum absolute atomic E-state index is 0.0494. The fourth-order valence-electron chi connectivity index (χ4n) is 0.734. The Labute approximate surface area is 74.4 Å². The summed E-state index contributed by atoms with van der Waals surface area (Å²) < 4.78 is 0. The molecule has 0 bridgehead atoms. The molecule has 0 aromatic carbocycles. The fraction of sp³-hybridized carbons (Fsp3) is 0.667. The topological polar surface area (TPSA) is 115 Å². The maximum Gasteiger partial charge on any atom is 0.326 e. The molecule has 7 heteroatoms. The minimum Gasteiger partial charge on any atom is -0.480 e. The molecule has 7 nitrogen and oxygen atoms in total. The first kappa shape index (κ1) is 11.2. The second-order valence-electron chi connectivity index (χ2n) is 2.33. The molecule has 0 fully saturated rings. The van der Waals surface area contributed by atoms with Gasteiger partial charge in [-0.2, -0.15) is 0 Å². The van der Waals surface area contributed by atoms with Crippen LogP contribution in [0.5, 0.6) is 0 Å². The van der Waals surface area contributed by atoms with Crippen molar-refractivity contribution in [1.29, 1.82) is 0 Å². The zero-order valence-corrected chi connectivity index (χ0v) is 7.10. The summed E-state index contributed by atoms with van der Waals surface area (Å²) in [5.74, 6) is -1.56. The molecule has 0 heterocycles. The molecule has 0 rings (SSSR count). The molecule has 0 aromatic rings. The third-order valence-electron chi connectivity index (χ3n) is 1.26. The van der Waals surface area contributed by atoms with Crippen LogP contribution in [0.15, 0.2) is 5.11 Å². The van der Waals surface area contributed by atoms with Crippen LogP contribution in [-0.2, 0) is 9.59 Å². The number of hydrogen-bond acceptors (Lipinski definition) is 3. The maximum atomic E-state index is 10.5. The van der Waals surface area contributed by atoms with Crippen LogP contribution in [-0.4, -0.2) is 29.6 Å². The summed E-state index contributed by atoms with van der Waals surface area (Å²) in [7, 11) is 0. The fourth-order valence-corrected chi connectivity index (χ4v) is 0.734. The average molecular weight is 186 g/mol. The Morgan fingerprint density at radius 2 is 2.31 bits per heavy atom. The number of carboxylic acid groups (broad SMARTS) is 1. The van der Waals surface area contributed by atoms with Crippen LogP contribution < -0.4 is 5.32 Å². The van der Waals surface area contributed by atoms with Gasteiger partial charge in [0.2, 0.25) is 5.91 Å². The molecule has 0 spiro atoms. The van der Waals surface area contributed by atoms with Crippen LogP contribution in [0.3, 0.4) is 0 Å². The van der Waals surface area contributed by atoms with Crippen molar-refractivity contribution < 1.29 is 14.7 Å². The lowest BCUT2D eigenvalue weighted by molar-refractivity contribution is -0.141. The van der Waals surface area contributed by atoms with Gasteiger partial charge in [-0.1, -0.05) is 5.11 Å². The van der Waals surface area contributed by atoms with Crippen molar-refractivity contribution in [3.63, 3.8) is 0 Å². The van der Waals surface area contributed by atoms with Crippen LogP contribution >= 0.6 is 0 Å². The van der Waals surface area contributed by atoms with Gasteiger partial charge in [0.1, 0.15) is 6.04 Å². The van der Waals surface area contributed by atoms with E-state index >= 15 is 0 Å². The Morgan fingerprint density at radius 3 is 2.69 bits per heavy atom. The lowest BCUT2D eigenvalue weighted by Crippen LogP contribution is -2.39. The first-order valence-electron chi connectivity index (χ1n) is 3.58. The highest BCUT2D eigenvalue weighted by Gasteiger charge is 2.16. The third kappa shape index (κ3) is 5.51. The number of azide groups is 1. The molecule has 0 unspecified atom stereocenters. The highest BCUT2D eigenvalue weighted by atomic mass is 16.4. The van der Waals surface area contributed by atoms with Crippen LogP contribution in [0.2, 0.25) is 0 Å². The standard InChI is InChI=1S/C6H10N4O3/c1-4(11)9-5(6(12)13)2-3-8-10-7/h5H,2-3H2,1H3,(H,9,11)(H,12,13)/t5-/m0/s1. The molecule has 2 N–H and O–H groups in total. The van der Waals surface area contributed by atoms with Gasteiger partial charge >= 0.3 is 5.97 Å². The van der Waals surface area contributed by atoms with Gasteiger partial charge in [-0.25, -0.2) is 4.79 Å². The van der Waals surface area contributed by atoms with E-state index in [9.17, 15) is 9.59 Å². The number of amides is 1. The SMILES string of the molecule is CC(=O)N[C@@H](CCN=[N+]=[N-])C(=O)O. The van der Waals surface area contributed by atoms with Gasteiger partial charge in [0.15, 0.2) is 0 Å². The second kappa shape index (κ2) is 5.84. The first-order chi connectivity index (χ1) is 6.07. The van der Waals surface area contributed by atoms with Crippen molar-refractivity contribution in [2.24, 2.45) is 5.11 Å². The number of carbonyl (C=O) groups excluding carboxylic acids is 1. The quantitative estimate of drug-likeness (QED) is 0.364. The molecule has 0 saturated carbocycles. The predicted octanol–water partition coefficient (Wildman–Crippen LogP) is 0.276. The average Bonchev–Trinajstić information content (AvgIpc) is 2.02. The highest BCUT2D eigenvalue weighted by molar-refractivity contribution is 5.81. The minimum atomic E-state index is -1.14. The molecule has 0 aromatic heterocycles. The summed E-state index contributed by atoms with van der Waals surface area (Å²) in [5.41, 5.74) is 7.92. The Kier molecular flexibility index (Phi) is 5.06. The second-order valence-corrected chi connectivity index (χ2v) is 2.33. The molecule has 72 valence electrons. The van der Waals surface area contributed by atoms with Gasteiger partial charge in [-0.05, 0) is 12.0 Å². The molecule has 0 aliphatic rings. The molecule has 0 aliphatic carbocycles. The first-order valence-corrected chi connectivity index (χ1v) is 3.58. The summed E-state index contributed by atoms with van der Waals surface area (Å²) in [4.78, 5) is 23.5. The predicted molar refractivity (Wildman–Crippen MR) is 43.9 cm³/mol. The Morgan fingerprint density at radius 1 is 1.69 bits per heavy atom.